The largest absolute Gasteiger partial charge is 0.493 e. The first-order valence-corrected chi connectivity index (χ1v) is 9.63. The van der Waals surface area contributed by atoms with Crippen molar-refractivity contribution in [3.63, 3.8) is 0 Å². The molecule has 1 N–H and O–H groups in total. The van der Waals surface area contributed by atoms with Crippen LogP contribution in [-0.4, -0.2) is 50.0 Å². The van der Waals surface area contributed by atoms with Gasteiger partial charge in [-0.2, -0.15) is 0 Å². The van der Waals surface area contributed by atoms with Crippen LogP contribution in [0.2, 0.25) is 0 Å². The minimum atomic E-state index is 0.324. The number of nitrogens with zero attached hydrogens (tertiary/aromatic N) is 2. The zero-order valence-corrected chi connectivity index (χ0v) is 15.8. The fourth-order valence-corrected chi connectivity index (χ4v) is 3.88. The molecule has 134 valence electrons. The molecule has 0 amide bonds. The fraction of sp³-hybridized carbons (Fsp3) is 0.421. The molecule has 0 aliphatic carbocycles. The molecule has 1 aromatic carbocycles. The summed E-state index contributed by atoms with van der Waals surface area (Å²) in [6, 6.07) is 8.66. The van der Waals surface area contributed by atoms with Crippen molar-refractivity contribution in [1.29, 1.82) is 0 Å². The first-order chi connectivity index (χ1) is 12.3. The van der Waals surface area contributed by atoms with E-state index in [1.165, 1.54) is 16.0 Å². The number of thioether (sulfide) groups is 1. The number of hydrogen-bond donors (Lipinski definition) is 1. The monoisotopic (exact) mass is 359 g/mol. The molecule has 0 bridgehead atoms. The summed E-state index contributed by atoms with van der Waals surface area (Å²) < 4.78 is 10.9. The van der Waals surface area contributed by atoms with Crippen molar-refractivity contribution in [3.05, 3.63) is 47.8 Å². The van der Waals surface area contributed by atoms with Crippen LogP contribution in [0.15, 0.2) is 41.6 Å². The second-order valence-corrected chi connectivity index (χ2v) is 6.84. The SMILES string of the molecule is COc1cc(CN2CCNCC2c2cccnc2)c(SC)cc1OC. The third kappa shape index (κ3) is 4.08. The molecule has 25 heavy (non-hydrogen) atoms. The van der Waals surface area contributed by atoms with Gasteiger partial charge in [0.2, 0.25) is 0 Å². The normalized spacial score (nSPS) is 18.1. The van der Waals surface area contributed by atoms with Crippen molar-refractivity contribution >= 4 is 11.8 Å². The van der Waals surface area contributed by atoms with Gasteiger partial charge in [-0.05, 0) is 35.6 Å². The van der Waals surface area contributed by atoms with Crippen LogP contribution < -0.4 is 14.8 Å². The summed E-state index contributed by atoms with van der Waals surface area (Å²) in [5.74, 6) is 1.56. The first kappa shape index (κ1) is 18.0. The molecular weight excluding hydrogens is 334 g/mol. The van der Waals surface area contributed by atoms with Crippen LogP contribution in [-0.2, 0) is 6.54 Å². The predicted octanol–water partition coefficient (Wildman–Crippen LogP) is 2.97. The van der Waals surface area contributed by atoms with Gasteiger partial charge in [-0.1, -0.05) is 6.07 Å². The van der Waals surface area contributed by atoms with Crippen LogP contribution in [0.3, 0.4) is 0 Å². The Morgan fingerprint density at radius 3 is 2.76 bits per heavy atom. The zero-order chi connectivity index (χ0) is 17.6. The summed E-state index contributed by atoms with van der Waals surface area (Å²) in [5.41, 5.74) is 2.52. The summed E-state index contributed by atoms with van der Waals surface area (Å²) in [7, 11) is 3.36. The van der Waals surface area contributed by atoms with E-state index in [4.69, 9.17) is 9.47 Å². The lowest BCUT2D eigenvalue weighted by Crippen LogP contribution is -2.45. The number of methoxy groups -OCH3 is 2. The van der Waals surface area contributed by atoms with Crippen molar-refractivity contribution in [3.8, 4) is 11.5 Å². The highest BCUT2D eigenvalue weighted by Gasteiger charge is 2.25. The standard InChI is InChI=1S/C19H25N3O2S/c1-23-17-9-15(19(25-3)10-18(17)24-2)13-22-8-7-21-12-16(22)14-5-4-6-20-11-14/h4-6,9-11,16,21H,7-8,12-13H2,1-3H3. The lowest BCUT2D eigenvalue weighted by Gasteiger charge is -2.36. The number of nitrogens with one attached hydrogen (secondary N) is 1. The minimum Gasteiger partial charge on any atom is -0.493 e. The minimum absolute atomic E-state index is 0.324. The topological polar surface area (TPSA) is 46.6 Å². The van der Waals surface area contributed by atoms with Gasteiger partial charge in [0.15, 0.2) is 11.5 Å². The summed E-state index contributed by atoms with van der Waals surface area (Å²) in [4.78, 5) is 8.02. The lowest BCUT2D eigenvalue weighted by molar-refractivity contribution is 0.152. The Morgan fingerprint density at radius 2 is 2.08 bits per heavy atom. The van der Waals surface area contributed by atoms with E-state index in [9.17, 15) is 0 Å². The number of ether oxygens (including phenoxy) is 2. The maximum absolute atomic E-state index is 5.50. The van der Waals surface area contributed by atoms with Crippen LogP contribution in [0.5, 0.6) is 11.5 Å². The molecule has 2 heterocycles. The molecule has 1 fully saturated rings. The summed E-state index contributed by atoms with van der Waals surface area (Å²) in [6.45, 7) is 3.81. The van der Waals surface area contributed by atoms with E-state index in [0.29, 0.717) is 6.04 Å². The second-order valence-electron chi connectivity index (χ2n) is 6.00. The molecule has 0 saturated carbocycles. The Bertz CT molecular complexity index is 697. The highest BCUT2D eigenvalue weighted by molar-refractivity contribution is 7.98. The smallest absolute Gasteiger partial charge is 0.161 e. The Morgan fingerprint density at radius 1 is 1.28 bits per heavy atom. The second kappa shape index (κ2) is 8.56. The van der Waals surface area contributed by atoms with Crippen LogP contribution in [0.4, 0.5) is 0 Å². The Balaban J connectivity index is 1.89. The van der Waals surface area contributed by atoms with Crippen LogP contribution >= 0.6 is 11.8 Å². The fourth-order valence-electron chi connectivity index (χ4n) is 3.27. The average Bonchev–Trinajstić information content (AvgIpc) is 2.68. The van der Waals surface area contributed by atoms with E-state index < -0.39 is 0 Å². The highest BCUT2D eigenvalue weighted by atomic mass is 32.2. The summed E-state index contributed by atoms with van der Waals surface area (Å²) >= 11 is 1.74. The van der Waals surface area contributed by atoms with Gasteiger partial charge in [0.25, 0.3) is 0 Å². The Hall–Kier alpha value is -1.76. The zero-order valence-electron chi connectivity index (χ0n) is 15.0. The predicted molar refractivity (Wildman–Crippen MR) is 102 cm³/mol. The third-order valence-corrected chi connectivity index (χ3v) is 5.40. The molecule has 3 rings (SSSR count). The Kier molecular flexibility index (Phi) is 6.18. The van der Waals surface area contributed by atoms with Crippen molar-refractivity contribution in [2.24, 2.45) is 0 Å². The van der Waals surface area contributed by atoms with Crippen molar-refractivity contribution in [1.82, 2.24) is 15.2 Å². The molecule has 1 aromatic heterocycles. The molecule has 6 heteroatoms. The molecule has 1 aliphatic heterocycles. The molecule has 0 radical (unpaired) electrons. The number of benzene rings is 1. The summed E-state index contributed by atoms with van der Waals surface area (Å²) in [6.07, 6.45) is 5.89. The van der Waals surface area contributed by atoms with Crippen LogP contribution in [0.25, 0.3) is 0 Å². The molecule has 1 unspecified atom stereocenters. The van der Waals surface area contributed by atoms with Gasteiger partial charge >= 0.3 is 0 Å². The van der Waals surface area contributed by atoms with E-state index in [1.54, 1.807) is 26.0 Å². The maximum atomic E-state index is 5.50. The lowest BCUT2D eigenvalue weighted by atomic mass is 10.0. The van der Waals surface area contributed by atoms with Crippen molar-refractivity contribution < 1.29 is 9.47 Å². The van der Waals surface area contributed by atoms with Crippen LogP contribution in [0, 0.1) is 0 Å². The van der Waals surface area contributed by atoms with Crippen LogP contribution in [0.1, 0.15) is 17.2 Å². The van der Waals surface area contributed by atoms with Gasteiger partial charge < -0.3 is 14.8 Å². The molecular formula is C19H25N3O2S. The molecule has 1 atom stereocenters. The number of hydrogen-bond acceptors (Lipinski definition) is 6. The van der Waals surface area contributed by atoms with Gasteiger partial charge in [-0.25, -0.2) is 0 Å². The third-order valence-electron chi connectivity index (χ3n) is 4.58. The number of aromatic nitrogens is 1. The quantitative estimate of drug-likeness (QED) is 0.800. The van der Waals surface area contributed by atoms with Gasteiger partial charge in [0, 0.05) is 49.5 Å². The van der Waals surface area contributed by atoms with Crippen molar-refractivity contribution in [2.75, 3.05) is 40.1 Å². The molecule has 0 spiro atoms. The first-order valence-electron chi connectivity index (χ1n) is 8.40. The van der Waals surface area contributed by atoms with E-state index in [2.05, 4.69) is 39.7 Å². The van der Waals surface area contributed by atoms with Gasteiger partial charge in [0.05, 0.1) is 14.2 Å². The molecule has 5 nitrogen and oxygen atoms in total. The summed E-state index contributed by atoms with van der Waals surface area (Å²) in [5, 5.41) is 3.50. The van der Waals surface area contributed by atoms with E-state index in [1.807, 2.05) is 18.5 Å². The number of piperazine rings is 1. The van der Waals surface area contributed by atoms with Gasteiger partial charge in [-0.15, -0.1) is 11.8 Å². The van der Waals surface area contributed by atoms with Gasteiger partial charge in [-0.3, -0.25) is 9.88 Å². The average molecular weight is 359 g/mol. The molecule has 1 saturated heterocycles. The maximum Gasteiger partial charge on any atom is 0.161 e. The van der Waals surface area contributed by atoms with Gasteiger partial charge in [0.1, 0.15) is 0 Å². The van der Waals surface area contributed by atoms with E-state index in [0.717, 1.165) is 37.7 Å². The van der Waals surface area contributed by atoms with E-state index >= 15 is 0 Å². The van der Waals surface area contributed by atoms with E-state index in [-0.39, 0.29) is 0 Å². The number of pyridine rings is 1. The van der Waals surface area contributed by atoms with Crippen molar-refractivity contribution in [2.45, 2.75) is 17.5 Å². The highest BCUT2D eigenvalue weighted by Crippen LogP contribution is 2.36. The molecule has 2 aromatic rings. The number of rotatable bonds is 6. The Labute approximate surface area is 153 Å². The molecule has 1 aliphatic rings.